The van der Waals surface area contributed by atoms with Crippen LogP contribution in [0.15, 0.2) is 0 Å². The molecule has 0 aliphatic rings. The minimum absolute atomic E-state index is 0.171. The van der Waals surface area contributed by atoms with E-state index < -0.39 is 16.6 Å². The topological polar surface area (TPSA) is 38.7 Å². The molecule has 0 aliphatic heterocycles. The average Bonchev–Trinajstić information content (AvgIpc) is 2.47. The van der Waals surface area contributed by atoms with Crippen molar-refractivity contribution < 1.29 is 14.0 Å². The molecule has 0 rings (SSSR count). The number of aliphatic hydroxyl groups excluding tert-OH is 1. The molecule has 0 amide bonds. The molecule has 3 nitrogen and oxygen atoms in total. The van der Waals surface area contributed by atoms with Crippen LogP contribution in [0.25, 0.3) is 0 Å². The van der Waals surface area contributed by atoms with Gasteiger partial charge in [0, 0.05) is 19.1 Å². The highest BCUT2D eigenvalue weighted by atomic mass is 28.4. The molecule has 5 heteroatoms. The third-order valence-electron chi connectivity index (χ3n) is 6.96. The van der Waals surface area contributed by atoms with E-state index in [4.69, 9.17) is 8.85 Å². The van der Waals surface area contributed by atoms with Crippen molar-refractivity contribution in [1.82, 2.24) is 0 Å². The lowest BCUT2D eigenvalue weighted by Gasteiger charge is -2.44. The van der Waals surface area contributed by atoms with Crippen LogP contribution in [-0.2, 0) is 8.85 Å². The molecule has 0 spiro atoms. The zero-order chi connectivity index (χ0) is 21.8. The van der Waals surface area contributed by atoms with Crippen LogP contribution in [0.3, 0.4) is 0 Å². The van der Waals surface area contributed by atoms with Crippen molar-refractivity contribution in [3.05, 3.63) is 0 Å². The van der Waals surface area contributed by atoms with Gasteiger partial charge in [0.25, 0.3) is 0 Å². The highest BCUT2D eigenvalue weighted by Crippen LogP contribution is 2.41. The molecule has 0 bridgehead atoms. The molecule has 0 aliphatic carbocycles. The van der Waals surface area contributed by atoms with E-state index in [1.807, 2.05) is 0 Å². The summed E-state index contributed by atoms with van der Waals surface area (Å²) in [5.74, 6) is 1.05. The van der Waals surface area contributed by atoms with Gasteiger partial charge in [-0.25, -0.2) is 0 Å². The Kier molecular flexibility index (Phi) is 9.99. The quantitative estimate of drug-likeness (QED) is 0.402. The van der Waals surface area contributed by atoms with E-state index in [1.54, 1.807) is 0 Å². The van der Waals surface area contributed by atoms with Crippen LogP contribution < -0.4 is 0 Å². The lowest BCUT2D eigenvalue weighted by Crippen LogP contribution is -2.49. The molecule has 0 aromatic heterocycles. The lowest BCUT2D eigenvalue weighted by molar-refractivity contribution is 0.0367. The first-order chi connectivity index (χ1) is 11.9. The van der Waals surface area contributed by atoms with E-state index >= 15 is 0 Å². The van der Waals surface area contributed by atoms with E-state index in [1.165, 1.54) is 0 Å². The highest BCUT2D eigenvalue weighted by Gasteiger charge is 2.43. The Bertz CT molecular complexity index is 436. The van der Waals surface area contributed by atoms with E-state index in [2.05, 4.69) is 88.5 Å². The first-order valence-electron chi connectivity index (χ1n) is 10.8. The number of rotatable bonds is 10. The molecule has 0 aromatic rings. The second-order valence-electron chi connectivity index (χ2n) is 11.9. The summed E-state index contributed by atoms with van der Waals surface area (Å²) in [7, 11) is -3.64. The molecule has 1 N–H and O–H groups in total. The summed E-state index contributed by atoms with van der Waals surface area (Å²) in [6.07, 6.45) is 1.16. The Labute approximate surface area is 172 Å². The predicted octanol–water partition coefficient (Wildman–Crippen LogP) is 6.69. The minimum atomic E-state index is -1.87. The third kappa shape index (κ3) is 8.29. The fourth-order valence-corrected chi connectivity index (χ4v) is 5.42. The molecule has 0 fully saturated rings. The van der Waals surface area contributed by atoms with Gasteiger partial charge in [-0.15, -0.1) is 0 Å². The van der Waals surface area contributed by atoms with Crippen LogP contribution in [-0.4, -0.2) is 41.1 Å². The van der Waals surface area contributed by atoms with Crippen LogP contribution in [0.2, 0.25) is 36.3 Å². The lowest BCUT2D eigenvalue weighted by atomic mass is 9.87. The van der Waals surface area contributed by atoms with Crippen LogP contribution in [0, 0.1) is 17.8 Å². The summed E-state index contributed by atoms with van der Waals surface area (Å²) in [5.41, 5.74) is 0. The molecule has 0 saturated heterocycles. The smallest absolute Gasteiger partial charge is 0.192 e. The summed E-state index contributed by atoms with van der Waals surface area (Å²) >= 11 is 0. The fraction of sp³-hybridized carbons (Fsp3) is 1.00. The van der Waals surface area contributed by atoms with Gasteiger partial charge in [0.15, 0.2) is 16.6 Å². The maximum atomic E-state index is 9.51. The van der Waals surface area contributed by atoms with E-state index in [9.17, 15) is 5.11 Å². The average molecular weight is 419 g/mol. The van der Waals surface area contributed by atoms with Crippen molar-refractivity contribution in [2.24, 2.45) is 17.8 Å². The zero-order valence-corrected chi connectivity index (χ0v) is 22.7. The first kappa shape index (κ1) is 27.3. The first-order valence-corrected chi connectivity index (χ1v) is 16.6. The molecule has 0 aromatic carbocycles. The van der Waals surface area contributed by atoms with Crippen LogP contribution in [0.1, 0.15) is 68.7 Å². The summed E-state index contributed by atoms with van der Waals surface area (Å²) in [4.78, 5) is 0. The molecular formula is C22H50O3Si2. The van der Waals surface area contributed by atoms with Crippen molar-refractivity contribution in [1.29, 1.82) is 0 Å². The second kappa shape index (κ2) is 9.88. The van der Waals surface area contributed by atoms with Gasteiger partial charge in [0.2, 0.25) is 0 Å². The van der Waals surface area contributed by atoms with Gasteiger partial charge in [-0.3, -0.25) is 0 Å². The second-order valence-corrected chi connectivity index (χ2v) is 21.5. The molecular weight excluding hydrogens is 368 g/mol. The Morgan fingerprint density at radius 2 is 1.22 bits per heavy atom. The predicted molar refractivity (Wildman–Crippen MR) is 124 cm³/mol. The maximum Gasteiger partial charge on any atom is 0.192 e. The van der Waals surface area contributed by atoms with E-state index in [0.29, 0.717) is 17.8 Å². The molecule has 0 unspecified atom stereocenters. The van der Waals surface area contributed by atoms with Crippen molar-refractivity contribution in [3.8, 4) is 0 Å². The summed E-state index contributed by atoms with van der Waals surface area (Å²) in [6.45, 7) is 30.8. The van der Waals surface area contributed by atoms with Crippen molar-refractivity contribution >= 4 is 16.6 Å². The van der Waals surface area contributed by atoms with Gasteiger partial charge in [-0.05, 0) is 54.5 Å². The van der Waals surface area contributed by atoms with Gasteiger partial charge in [0.05, 0.1) is 6.10 Å². The monoisotopic (exact) mass is 418 g/mol. The largest absolute Gasteiger partial charge is 0.416 e. The van der Waals surface area contributed by atoms with E-state index in [0.717, 1.165) is 13.0 Å². The fourth-order valence-electron chi connectivity index (χ4n) is 2.80. The van der Waals surface area contributed by atoms with Crippen molar-refractivity contribution in [2.75, 3.05) is 13.2 Å². The molecule has 0 heterocycles. The zero-order valence-electron chi connectivity index (χ0n) is 20.7. The summed E-state index contributed by atoms with van der Waals surface area (Å²) < 4.78 is 13.5. The van der Waals surface area contributed by atoms with Crippen LogP contribution in [0.5, 0.6) is 0 Å². The normalized spacial score (nSPS) is 18.9. The van der Waals surface area contributed by atoms with Crippen LogP contribution >= 0.6 is 0 Å². The molecule has 0 saturated carbocycles. The molecule has 27 heavy (non-hydrogen) atoms. The van der Waals surface area contributed by atoms with Crippen LogP contribution in [0.4, 0.5) is 0 Å². The van der Waals surface area contributed by atoms with Crippen molar-refractivity contribution in [3.63, 3.8) is 0 Å². The summed E-state index contributed by atoms with van der Waals surface area (Å²) in [6, 6.07) is 0. The van der Waals surface area contributed by atoms with E-state index in [-0.39, 0.29) is 22.8 Å². The summed E-state index contributed by atoms with van der Waals surface area (Å²) in [5, 5.41) is 9.92. The van der Waals surface area contributed by atoms with Gasteiger partial charge >= 0.3 is 0 Å². The Balaban J connectivity index is 5.39. The standard InChI is InChI=1S/C22H50O3Si2/c1-17(15-23)14-18(2)20(25-27(12,13)22(7,8)9)19(3)16-24-26(10,11)21(4,5)6/h17-20,23H,14-16H2,1-13H3/t17-,18+,19+,20+/m1/s1. The molecule has 164 valence electrons. The van der Waals surface area contributed by atoms with Crippen molar-refractivity contribution in [2.45, 2.75) is 111 Å². The Morgan fingerprint density at radius 1 is 0.778 bits per heavy atom. The third-order valence-corrected chi connectivity index (χ3v) is 15.9. The molecule has 0 radical (unpaired) electrons. The number of hydrogen-bond acceptors (Lipinski definition) is 3. The highest BCUT2D eigenvalue weighted by molar-refractivity contribution is 6.74. The van der Waals surface area contributed by atoms with Gasteiger partial charge in [-0.1, -0.05) is 62.3 Å². The number of hydrogen-bond donors (Lipinski definition) is 1. The molecule has 4 atom stereocenters. The Hall–Kier alpha value is 0.314. The van der Waals surface area contributed by atoms with Gasteiger partial charge in [0.1, 0.15) is 0 Å². The maximum absolute atomic E-state index is 9.51. The minimum Gasteiger partial charge on any atom is -0.416 e. The van der Waals surface area contributed by atoms with Gasteiger partial charge in [-0.2, -0.15) is 0 Å². The SMILES string of the molecule is C[C@@H](CO)C[C@H](C)[C@H](O[Si](C)(C)C(C)(C)C)[C@@H](C)CO[Si](C)(C)C(C)(C)C. The number of aliphatic hydroxyl groups is 1. The van der Waals surface area contributed by atoms with Gasteiger partial charge < -0.3 is 14.0 Å². The Morgan fingerprint density at radius 3 is 1.59 bits per heavy atom.